The molecule has 1 aliphatic rings. The summed E-state index contributed by atoms with van der Waals surface area (Å²) in [6, 6.07) is 9.58. The lowest BCUT2D eigenvalue weighted by Crippen LogP contribution is -2.36. The van der Waals surface area contributed by atoms with Gasteiger partial charge in [-0.05, 0) is 47.9 Å². The molecule has 2 aromatic carbocycles. The first-order valence-electron chi connectivity index (χ1n) is 8.16. The summed E-state index contributed by atoms with van der Waals surface area (Å²) in [6.07, 6.45) is 2.53. The number of aromatic nitrogens is 2. The third-order valence-electron chi connectivity index (χ3n) is 4.69. The van der Waals surface area contributed by atoms with E-state index in [4.69, 9.17) is 9.47 Å². The van der Waals surface area contributed by atoms with Gasteiger partial charge in [0.15, 0.2) is 11.5 Å². The number of carbonyl (C=O) groups excluding carboxylic acids is 1. The first-order valence-corrected chi connectivity index (χ1v) is 8.16. The molecule has 0 saturated carbocycles. The largest absolute Gasteiger partial charge is 0.493 e. The van der Waals surface area contributed by atoms with Crippen molar-refractivity contribution in [3.63, 3.8) is 0 Å². The molecule has 25 heavy (non-hydrogen) atoms. The van der Waals surface area contributed by atoms with Crippen molar-refractivity contribution in [1.29, 1.82) is 0 Å². The minimum absolute atomic E-state index is 0.0311. The quantitative estimate of drug-likeness (QED) is 0.798. The fourth-order valence-electron chi connectivity index (χ4n) is 3.31. The van der Waals surface area contributed by atoms with Gasteiger partial charge in [0.1, 0.15) is 0 Å². The molecular weight excluding hydrogens is 318 g/mol. The average molecular weight is 337 g/mol. The Morgan fingerprint density at radius 1 is 1.12 bits per heavy atom. The first-order chi connectivity index (χ1) is 12.2. The van der Waals surface area contributed by atoms with Crippen molar-refractivity contribution < 1.29 is 14.3 Å². The second-order valence-corrected chi connectivity index (χ2v) is 6.12. The molecule has 0 radical (unpaired) electrons. The number of H-pyrrole nitrogens is 1. The van der Waals surface area contributed by atoms with E-state index in [1.165, 1.54) is 5.56 Å². The van der Waals surface area contributed by atoms with Crippen LogP contribution >= 0.6 is 0 Å². The van der Waals surface area contributed by atoms with E-state index in [2.05, 4.69) is 10.2 Å². The fourth-order valence-corrected chi connectivity index (χ4v) is 3.31. The van der Waals surface area contributed by atoms with Crippen LogP contribution in [0.1, 0.15) is 21.5 Å². The van der Waals surface area contributed by atoms with Crippen molar-refractivity contribution in [1.82, 2.24) is 15.1 Å². The zero-order valence-corrected chi connectivity index (χ0v) is 14.2. The SMILES string of the molecule is COc1cc2c(cc1OC)CN(C(=O)c1ccc3[nH]ncc3c1)CC2. The number of rotatable bonds is 3. The lowest BCUT2D eigenvalue weighted by molar-refractivity contribution is 0.0734. The number of nitrogens with one attached hydrogen (secondary N) is 1. The Kier molecular flexibility index (Phi) is 3.80. The number of fused-ring (bicyclic) bond motifs is 2. The highest BCUT2D eigenvalue weighted by molar-refractivity contribution is 5.98. The molecular formula is C19H19N3O3. The molecule has 0 saturated heterocycles. The number of hydrogen-bond acceptors (Lipinski definition) is 4. The summed E-state index contributed by atoms with van der Waals surface area (Å²) in [4.78, 5) is 14.8. The predicted octanol–water partition coefficient (Wildman–Crippen LogP) is 2.78. The monoisotopic (exact) mass is 337 g/mol. The van der Waals surface area contributed by atoms with Crippen molar-refractivity contribution in [3.8, 4) is 11.5 Å². The third kappa shape index (κ3) is 2.69. The van der Waals surface area contributed by atoms with Crippen LogP contribution in [0.2, 0.25) is 0 Å². The number of carbonyl (C=O) groups is 1. The van der Waals surface area contributed by atoms with Crippen molar-refractivity contribution in [3.05, 3.63) is 53.2 Å². The highest BCUT2D eigenvalue weighted by Crippen LogP contribution is 2.33. The summed E-state index contributed by atoms with van der Waals surface area (Å²) in [6.45, 7) is 1.25. The normalized spacial score (nSPS) is 13.6. The third-order valence-corrected chi connectivity index (χ3v) is 4.69. The van der Waals surface area contributed by atoms with Crippen LogP contribution in [0.4, 0.5) is 0 Å². The molecule has 0 fully saturated rings. The standard InChI is InChI=1S/C19H19N3O3/c1-24-17-8-12-5-6-22(11-15(12)9-18(17)25-2)19(23)13-3-4-16-14(7-13)10-20-21-16/h3-4,7-10H,5-6,11H2,1-2H3,(H,20,21). The van der Waals surface area contributed by atoms with Gasteiger partial charge in [0.05, 0.1) is 25.9 Å². The lowest BCUT2D eigenvalue weighted by Gasteiger charge is -2.29. The van der Waals surface area contributed by atoms with Crippen LogP contribution in [-0.2, 0) is 13.0 Å². The number of nitrogens with zero attached hydrogens (tertiary/aromatic N) is 2. The van der Waals surface area contributed by atoms with E-state index in [-0.39, 0.29) is 5.91 Å². The van der Waals surface area contributed by atoms with Crippen LogP contribution in [-0.4, -0.2) is 41.8 Å². The number of amides is 1. The van der Waals surface area contributed by atoms with Crippen LogP contribution in [0.25, 0.3) is 10.9 Å². The predicted molar refractivity (Wildman–Crippen MR) is 94.1 cm³/mol. The molecule has 1 aromatic heterocycles. The lowest BCUT2D eigenvalue weighted by atomic mass is 9.98. The molecule has 6 heteroatoms. The number of methoxy groups -OCH3 is 2. The molecule has 0 aliphatic carbocycles. The van der Waals surface area contributed by atoms with E-state index in [0.29, 0.717) is 24.4 Å². The Labute approximate surface area is 145 Å². The Morgan fingerprint density at radius 3 is 2.64 bits per heavy atom. The molecule has 1 amide bonds. The number of aromatic amines is 1. The van der Waals surface area contributed by atoms with Crippen molar-refractivity contribution in [2.24, 2.45) is 0 Å². The van der Waals surface area contributed by atoms with Crippen molar-refractivity contribution in [2.45, 2.75) is 13.0 Å². The van der Waals surface area contributed by atoms with Crippen molar-refractivity contribution in [2.75, 3.05) is 20.8 Å². The van der Waals surface area contributed by atoms with E-state index in [0.717, 1.165) is 28.6 Å². The number of ether oxygens (including phenoxy) is 2. The van der Waals surface area contributed by atoms with E-state index in [1.54, 1.807) is 20.4 Å². The molecule has 0 unspecified atom stereocenters. The van der Waals surface area contributed by atoms with E-state index in [1.807, 2.05) is 35.2 Å². The maximum absolute atomic E-state index is 12.9. The summed E-state index contributed by atoms with van der Waals surface area (Å²) in [5, 5.41) is 7.84. The molecule has 0 atom stereocenters. The zero-order valence-electron chi connectivity index (χ0n) is 14.2. The van der Waals surface area contributed by atoms with Gasteiger partial charge in [-0.25, -0.2) is 0 Å². The van der Waals surface area contributed by atoms with Crippen LogP contribution in [0, 0.1) is 0 Å². The second kappa shape index (κ2) is 6.12. The molecule has 0 spiro atoms. The number of benzene rings is 2. The number of hydrogen-bond donors (Lipinski definition) is 1. The minimum Gasteiger partial charge on any atom is -0.493 e. The smallest absolute Gasteiger partial charge is 0.254 e. The summed E-state index contributed by atoms with van der Waals surface area (Å²) in [7, 11) is 3.26. The first kappa shape index (κ1) is 15.5. The molecule has 0 bridgehead atoms. The molecule has 128 valence electrons. The van der Waals surface area contributed by atoms with Gasteiger partial charge < -0.3 is 14.4 Å². The molecule has 2 heterocycles. The Bertz CT molecular complexity index is 948. The molecule has 1 N–H and O–H groups in total. The van der Waals surface area contributed by atoms with Gasteiger partial charge in [-0.3, -0.25) is 9.89 Å². The fraction of sp³-hybridized carbons (Fsp3) is 0.263. The van der Waals surface area contributed by atoms with Crippen LogP contribution in [0.3, 0.4) is 0 Å². The van der Waals surface area contributed by atoms with Gasteiger partial charge in [0, 0.05) is 24.0 Å². The highest BCUT2D eigenvalue weighted by Gasteiger charge is 2.24. The van der Waals surface area contributed by atoms with Gasteiger partial charge in [-0.15, -0.1) is 0 Å². The maximum atomic E-state index is 12.9. The molecule has 1 aliphatic heterocycles. The highest BCUT2D eigenvalue weighted by atomic mass is 16.5. The summed E-state index contributed by atoms with van der Waals surface area (Å²) < 4.78 is 10.7. The van der Waals surface area contributed by atoms with Gasteiger partial charge >= 0.3 is 0 Å². The molecule has 6 nitrogen and oxygen atoms in total. The minimum atomic E-state index is 0.0311. The van der Waals surface area contributed by atoms with Crippen LogP contribution in [0.5, 0.6) is 11.5 Å². The van der Waals surface area contributed by atoms with E-state index in [9.17, 15) is 4.79 Å². The molecule has 4 rings (SSSR count). The van der Waals surface area contributed by atoms with Crippen LogP contribution in [0.15, 0.2) is 36.5 Å². The van der Waals surface area contributed by atoms with Gasteiger partial charge in [0.2, 0.25) is 0 Å². The van der Waals surface area contributed by atoms with Gasteiger partial charge in [-0.2, -0.15) is 5.10 Å². The van der Waals surface area contributed by atoms with Gasteiger partial charge in [0.25, 0.3) is 5.91 Å². The summed E-state index contributed by atoms with van der Waals surface area (Å²) in [5.41, 5.74) is 3.91. The Balaban J connectivity index is 1.61. The summed E-state index contributed by atoms with van der Waals surface area (Å²) >= 11 is 0. The Hall–Kier alpha value is -3.02. The maximum Gasteiger partial charge on any atom is 0.254 e. The van der Waals surface area contributed by atoms with Crippen LogP contribution < -0.4 is 9.47 Å². The second-order valence-electron chi connectivity index (χ2n) is 6.12. The molecule has 3 aromatic rings. The van der Waals surface area contributed by atoms with Crippen molar-refractivity contribution >= 4 is 16.8 Å². The average Bonchev–Trinajstić information content (AvgIpc) is 3.13. The Morgan fingerprint density at radius 2 is 1.88 bits per heavy atom. The van der Waals surface area contributed by atoms with Gasteiger partial charge in [-0.1, -0.05) is 0 Å². The van der Waals surface area contributed by atoms with E-state index >= 15 is 0 Å². The zero-order chi connectivity index (χ0) is 17.4. The summed E-state index contributed by atoms with van der Waals surface area (Å²) in [5.74, 6) is 1.45. The van der Waals surface area contributed by atoms with E-state index < -0.39 is 0 Å². The topological polar surface area (TPSA) is 67.5 Å².